The molecule has 0 radical (unpaired) electrons. The number of quaternary nitrogens is 1. The maximum atomic E-state index is 4.14. The summed E-state index contributed by atoms with van der Waals surface area (Å²) in [6, 6.07) is 6.83. The molecule has 0 spiro atoms. The minimum atomic E-state index is 0.809. The summed E-state index contributed by atoms with van der Waals surface area (Å²) >= 11 is 0. The monoisotopic (exact) mass is 347 g/mol. The fourth-order valence-electron chi connectivity index (χ4n) is 3.62. The maximum Gasteiger partial charge on any atom is 0.131 e. The van der Waals surface area contributed by atoms with E-state index in [-0.39, 0.29) is 0 Å². The Morgan fingerprint density at radius 2 is 1.40 bits per heavy atom. The molecule has 2 unspecified atom stereocenters. The van der Waals surface area contributed by atoms with Crippen LogP contribution in [0.4, 0.5) is 11.4 Å². The normalized spacial score (nSPS) is 13.7. The first kappa shape index (κ1) is 22.0. The molecule has 0 saturated carbocycles. The molecule has 0 saturated heterocycles. The van der Waals surface area contributed by atoms with Crippen LogP contribution in [0.15, 0.2) is 18.2 Å². The van der Waals surface area contributed by atoms with Gasteiger partial charge in [0.15, 0.2) is 0 Å². The molecule has 25 heavy (non-hydrogen) atoms. The number of nitrogens with zero attached hydrogens (tertiary/aromatic N) is 1. The number of hydrogen-bond donors (Lipinski definition) is 1. The lowest BCUT2D eigenvalue weighted by Crippen LogP contribution is -2.41. The Kier molecular flexibility index (Phi) is 10.9. The van der Waals surface area contributed by atoms with E-state index in [1.54, 1.807) is 0 Å². The van der Waals surface area contributed by atoms with Crippen molar-refractivity contribution >= 4 is 11.4 Å². The highest BCUT2D eigenvalue weighted by molar-refractivity contribution is 5.54. The Balaban J connectivity index is 2.92. The summed E-state index contributed by atoms with van der Waals surface area (Å²) < 4.78 is 0. The summed E-state index contributed by atoms with van der Waals surface area (Å²) in [5.41, 5.74) is 8.00. The van der Waals surface area contributed by atoms with Gasteiger partial charge in [-0.05, 0) is 43.7 Å². The van der Waals surface area contributed by atoms with Crippen molar-refractivity contribution in [2.75, 3.05) is 18.0 Å². The van der Waals surface area contributed by atoms with Crippen molar-refractivity contribution in [3.05, 3.63) is 23.8 Å². The molecule has 1 aromatic carbocycles. The van der Waals surface area contributed by atoms with Gasteiger partial charge in [-0.3, -0.25) is 0 Å². The SMILES string of the molecule is CCCCC(CC)CN(CC(CC)CCCC)c1ccc([NH3+])c(C)c1. The van der Waals surface area contributed by atoms with E-state index in [4.69, 9.17) is 0 Å². The van der Waals surface area contributed by atoms with E-state index in [1.165, 1.54) is 75.7 Å². The predicted molar refractivity (Wildman–Crippen MR) is 113 cm³/mol. The number of hydrogen-bond acceptors (Lipinski definition) is 1. The van der Waals surface area contributed by atoms with Crippen LogP contribution < -0.4 is 10.6 Å². The second-order valence-electron chi connectivity index (χ2n) is 7.85. The molecule has 1 rings (SSSR count). The molecule has 2 heteroatoms. The Labute approximate surface area is 157 Å². The first-order valence-electron chi connectivity index (χ1n) is 10.7. The Morgan fingerprint density at radius 3 is 1.80 bits per heavy atom. The molecule has 0 fully saturated rings. The van der Waals surface area contributed by atoms with Crippen molar-refractivity contribution in [3.8, 4) is 0 Å². The fourth-order valence-corrected chi connectivity index (χ4v) is 3.62. The van der Waals surface area contributed by atoms with Gasteiger partial charge in [-0.15, -0.1) is 0 Å². The van der Waals surface area contributed by atoms with Crippen molar-refractivity contribution in [1.82, 2.24) is 0 Å². The van der Waals surface area contributed by atoms with E-state index in [0.29, 0.717) is 0 Å². The Morgan fingerprint density at radius 1 is 0.880 bits per heavy atom. The van der Waals surface area contributed by atoms with Gasteiger partial charge in [-0.1, -0.05) is 66.2 Å². The van der Waals surface area contributed by atoms with Crippen molar-refractivity contribution in [1.29, 1.82) is 0 Å². The quantitative estimate of drug-likeness (QED) is 0.458. The van der Waals surface area contributed by atoms with E-state index in [2.05, 4.69) is 63.5 Å². The van der Waals surface area contributed by atoms with E-state index in [9.17, 15) is 0 Å². The van der Waals surface area contributed by atoms with Gasteiger partial charge in [0, 0.05) is 30.4 Å². The molecular weight excluding hydrogens is 304 g/mol. The topological polar surface area (TPSA) is 30.9 Å². The first-order valence-corrected chi connectivity index (χ1v) is 10.7. The first-order chi connectivity index (χ1) is 12.0. The Hall–Kier alpha value is -1.02. The number of aryl methyl sites for hydroxylation is 1. The lowest BCUT2D eigenvalue weighted by molar-refractivity contribution is -0.255. The van der Waals surface area contributed by atoms with Crippen molar-refractivity contribution in [2.45, 2.75) is 86.0 Å². The summed E-state index contributed by atoms with van der Waals surface area (Å²) in [4.78, 5) is 2.68. The fraction of sp³-hybridized carbons (Fsp3) is 0.739. The van der Waals surface area contributed by atoms with Gasteiger partial charge >= 0.3 is 0 Å². The summed E-state index contributed by atoms with van der Waals surface area (Å²) in [7, 11) is 0. The standard InChI is InChI=1S/C23H42N2/c1-6-10-12-20(8-3)17-25(18-21(9-4)13-11-7-2)22-14-15-23(24)19(5)16-22/h14-16,20-21H,6-13,17-18,24H2,1-5H3/p+1. The molecule has 0 aliphatic rings. The minimum Gasteiger partial charge on any atom is -0.371 e. The summed E-state index contributed by atoms with van der Waals surface area (Å²) in [6.07, 6.45) is 10.6. The molecule has 2 atom stereocenters. The summed E-state index contributed by atoms with van der Waals surface area (Å²) in [6.45, 7) is 13.9. The Bertz CT molecular complexity index is 451. The van der Waals surface area contributed by atoms with Crippen LogP contribution in [0.5, 0.6) is 0 Å². The van der Waals surface area contributed by atoms with E-state index >= 15 is 0 Å². The zero-order chi connectivity index (χ0) is 18.7. The molecule has 3 N–H and O–H groups in total. The summed E-state index contributed by atoms with van der Waals surface area (Å²) in [5.74, 6) is 1.62. The van der Waals surface area contributed by atoms with E-state index in [0.717, 1.165) is 17.5 Å². The highest BCUT2D eigenvalue weighted by atomic mass is 15.1. The second kappa shape index (κ2) is 12.4. The maximum absolute atomic E-state index is 4.14. The van der Waals surface area contributed by atoms with Crippen LogP contribution in [0.3, 0.4) is 0 Å². The highest BCUT2D eigenvalue weighted by Gasteiger charge is 2.18. The molecule has 0 bridgehead atoms. The van der Waals surface area contributed by atoms with E-state index in [1.807, 2.05) is 0 Å². The molecule has 0 heterocycles. The van der Waals surface area contributed by atoms with Gasteiger partial charge in [0.05, 0.1) is 0 Å². The van der Waals surface area contributed by atoms with Crippen LogP contribution in [0.25, 0.3) is 0 Å². The number of rotatable bonds is 13. The second-order valence-corrected chi connectivity index (χ2v) is 7.85. The minimum absolute atomic E-state index is 0.809. The van der Waals surface area contributed by atoms with Crippen molar-refractivity contribution in [2.24, 2.45) is 11.8 Å². The van der Waals surface area contributed by atoms with Crippen LogP contribution in [0.1, 0.15) is 84.6 Å². The molecule has 144 valence electrons. The molecular formula is C23H43N2+. The van der Waals surface area contributed by atoms with Crippen LogP contribution in [-0.4, -0.2) is 13.1 Å². The number of unbranched alkanes of at least 4 members (excludes halogenated alkanes) is 2. The number of benzene rings is 1. The molecule has 0 aliphatic carbocycles. The van der Waals surface area contributed by atoms with Crippen LogP contribution in [0, 0.1) is 18.8 Å². The smallest absolute Gasteiger partial charge is 0.131 e. The molecule has 0 aromatic heterocycles. The van der Waals surface area contributed by atoms with Gasteiger partial charge in [-0.25, -0.2) is 0 Å². The third-order valence-corrected chi connectivity index (χ3v) is 5.74. The van der Waals surface area contributed by atoms with Crippen LogP contribution in [0.2, 0.25) is 0 Å². The van der Waals surface area contributed by atoms with Gasteiger partial charge in [0.25, 0.3) is 0 Å². The number of anilines is 1. The predicted octanol–water partition coefficient (Wildman–Crippen LogP) is 6.11. The van der Waals surface area contributed by atoms with Crippen molar-refractivity contribution < 1.29 is 5.73 Å². The molecule has 1 aromatic rings. The summed E-state index contributed by atoms with van der Waals surface area (Å²) in [5, 5.41) is 0. The largest absolute Gasteiger partial charge is 0.371 e. The van der Waals surface area contributed by atoms with Gasteiger partial charge in [0.2, 0.25) is 0 Å². The molecule has 2 nitrogen and oxygen atoms in total. The average Bonchev–Trinajstić information content (AvgIpc) is 2.62. The van der Waals surface area contributed by atoms with E-state index < -0.39 is 0 Å². The zero-order valence-corrected chi connectivity index (χ0v) is 17.6. The van der Waals surface area contributed by atoms with Gasteiger partial charge in [-0.2, -0.15) is 0 Å². The van der Waals surface area contributed by atoms with Crippen molar-refractivity contribution in [3.63, 3.8) is 0 Å². The van der Waals surface area contributed by atoms with Crippen LogP contribution >= 0.6 is 0 Å². The van der Waals surface area contributed by atoms with Gasteiger partial charge < -0.3 is 10.6 Å². The lowest BCUT2D eigenvalue weighted by atomic mass is 9.95. The highest BCUT2D eigenvalue weighted by Crippen LogP contribution is 2.26. The van der Waals surface area contributed by atoms with Gasteiger partial charge in [0.1, 0.15) is 5.69 Å². The third-order valence-electron chi connectivity index (χ3n) is 5.74. The molecule has 0 aliphatic heterocycles. The zero-order valence-electron chi connectivity index (χ0n) is 17.6. The lowest BCUT2D eigenvalue weighted by Gasteiger charge is -2.32. The van der Waals surface area contributed by atoms with Crippen LogP contribution in [-0.2, 0) is 0 Å². The third kappa shape index (κ3) is 7.81. The average molecular weight is 348 g/mol. The molecule has 0 amide bonds.